The third-order valence-electron chi connectivity index (χ3n) is 2.37. The van der Waals surface area contributed by atoms with Crippen molar-refractivity contribution < 1.29 is 4.74 Å². The van der Waals surface area contributed by atoms with E-state index >= 15 is 0 Å². The van der Waals surface area contributed by atoms with Gasteiger partial charge in [-0.25, -0.2) is 4.98 Å². The van der Waals surface area contributed by atoms with Crippen molar-refractivity contribution >= 4 is 0 Å². The van der Waals surface area contributed by atoms with Gasteiger partial charge < -0.3 is 15.0 Å². The standard InChI is InChI=1S/C11H19N3O/c1-12-8-10(14(2)3)9-5-6-11(15-4)13-7-9/h5-7,10,12H,8H2,1-4H3. The lowest BCUT2D eigenvalue weighted by Gasteiger charge is -2.24. The Morgan fingerprint density at radius 3 is 2.60 bits per heavy atom. The topological polar surface area (TPSA) is 37.4 Å². The summed E-state index contributed by atoms with van der Waals surface area (Å²) in [6.07, 6.45) is 1.86. The van der Waals surface area contributed by atoms with Crippen molar-refractivity contribution in [3.63, 3.8) is 0 Å². The lowest BCUT2D eigenvalue weighted by atomic mass is 10.1. The average Bonchev–Trinajstić information content (AvgIpc) is 2.26. The molecule has 84 valence electrons. The maximum atomic E-state index is 5.03. The van der Waals surface area contributed by atoms with Gasteiger partial charge in [-0.15, -0.1) is 0 Å². The van der Waals surface area contributed by atoms with Gasteiger partial charge in [-0.1, -0.05) is 6.07 Å². The minimum atomic E-state index is 0.341. The normalized spacial score (nSPS) is 12.9. The number of pyridine rings is 1. The maximum Gasteiger partial charge on any atom is 0.212 e. The van der Waals surface area contributed by atoms with Crippen LogP contribution in [0.3, 0.4) is 0 Å². The number of nitrogens with one attached hydrogen (secondary N) is 1. The molecular formula is C11H19N3O. The van der Waals surface area contributed by atoms with Crippen LogP contribution in [0.2, 0.25) is 0 Å². The summed E-state index contributed by atoms with van der Waals surface area (Å²) in [4.78, 5) is 6.37. The molecule has 0 fully saturated rings. The van der Waals surface area contributed by atoms with Gasteiger partial charge in [0.2, 0.25) is 5.88 Å². The molecule has 0 radical (unpaired) electrons. The van der Waals surface area contributed by atoms with Gasteiger partial charge >= 0.3 is 0 Å². The Balaban J connectivity index is 2.81. The number of ether oxygens (including phenoxy) is 1. The van der Waals surface area contributed by atoms with Gasteiger partial charge in [-0.05, 0) is 26.7 Å². The fourth-order valence-electron chi connectivity index (χ4n) is 1.50. The van der Waals surface area contributed by atoms with Crippen LogP contribution in [0.5, 0.6) is 5.88 Å². The molecule has 4 nitrogen and oxygen atoms in total. The zero-order valence-corrected chi connectivity index (χ0v) is 9.82. The third kappa shape index (κ3) is 3.18. The zero-order valence-electron chi connectivity index (χ0n) is 9.82. The third-order valence-corrected chi connectivity index (χ3v) is 2.37. The van der Waals surface area contributed by atoms with Crippen molar-refractivity contribution in [2.24, 2.45) is 0 Å². The highest BCUT2D eigenvalue weighted by Crippen LogP contribution is 2.18. The van der Waals surface area contributed by atoms with Crippen LogP contribution in [0, 0.1) is 0 Å². The molecule has 0 aliphatic rings. The number of nitrogens with zero attached hydrogens (tertiary/aromatic N) is 2. The van der Waals surface area contributed by atoms with E-state index in [2.05, 4.69) is 29.3 Å². The van der Waals surface area contributed by atoms with Crippen LogP contribution in [0.15, 0.2) is 18.3 Å². The van der Waals surface area contributed by atoms with Gasteiger partial charge in [0.05, 0.1) is 7.11 Å². The van der Waals surface area contributed by atoms with Crippen LogP contribution in [0.25, 0.3) is 0 Å². The number of methoxy groups -OCH3 is 1. The van der Waals surface area contributed by atoms with Crippen LogP contribution < -0.4 is 10.1 Å². The second-order valence-electron chi connectivity index (χ2n) is 3.67. The largest absolute Gasteiger partial charge is 0.481 e. The first-order chi connectivity index (χ1) is 7.19. The molecule has 1 aromatic rings. The predicted molar refractivity (Wildman–Crippen MR) is 61.1 cm³/mol. The Morgan fingerprint density at radius 2 is 2.20 bits per heavy atom. The van der Waals surface area contributed by atoms with E-state index in [1.54, 1.807) is 7.11 Å². The number of rotatable bonds is 5. The molecule has 1 N–H and O–H groups in total. The Bertz CT molecular complexity index is 284. The van der Waals surface area contributed by atoms with Gasteiger partial charge in [0.15, 0.2) is 0 Å². The van der Waals surface area contributed by atoms with E-state index in [-0.39, 0.29) is 0 Å². The summed E-state index contributed by atoms with van der Waals surface area (Å²) in [5, 5.41) is 3.18. The molecular weight excluding hydrogens is 190 g/mol. The van der Waals surface area contributed by atoms with Crippen molar-refractivity contribution in [3.05, 3.63) is 23.9 Å². The highest BCUT2D eigenvalue weighted by Gasteiger charge is 2.13. The highest BCUT2D eigenvalue weighted by molar-refractivity contribution is 5.21. The van der Waals surface area contributed by atoms with E-state index in [0.29, 0.717) is 11.9 Å². The second kappa shape index (κ2) is 5.68. The Morgan fingerprint density at radius 1 is 1.47 bits per heavy atom. The van der Waals surface area contributed by atoms with Crippen molar-refractivity contribution in [1.82, 2.24) is 15.2 Å². The van der Waals surface area contributed by atoms with E-state index < -0.39 is 0 Å². The van der Waals surface area contributed by atoms with Gasteiger partial charge in [-0.2, -0.15) is 0 Å². The van der Waals surface area contributed by atoms with Crippen molar-refractivity contribution in [2.45, 2.75) is 6.04 Å². The molecule has 0 saturated heterocycles. The molecule has 0 bridgehead atoms. The zero-order chi connectivity index (χ0) is 11.3. The molecule has 1 aromatic heterocycles. The molecule has 15 heavy (non-hydrogen) atoms. The lowest BCUT2D eigenvalue weighted by molar-refractivity contribution is 0.292. The van der Waals surface area contributed by atoms with Gasteiger partial charge in [-0.3, -0.25) is 0 Å². The van der Waals surface area contributed by atoms with Crippen LogP contribution >= 0.6 is 0 Å². The van der Waals surface area contributed by atoms with Gasteiger partial charge in [0, 0.05) is 24.8 Å². The van der Waals surface area contributed by atoms with Gasteiger partial charge in [0.1, 0.15) is 0 Å². The molecule has 1 rings (SSSR count). The Labute approximate surface area is 91.3 Å². The van der Waals surface area contributed by atoms with Gasteiger partial charge in [0.25, 0.3) is 0 Å². The van der Waals surface area contributed by atoms with E-state index in [1.165, 1.54) is 5.56 Å². The first-order valence-electron chi connectivity index (χ1n) is 5.00. The Kier molecular flexibility index (Phi) is 4.52. The predicted octanol–water partition coefficient (Wildman–Crippen LogP) is 0.912. The number of likely N-dealkylation sites (N-methyl/N-ethyl adjacent to an activating group) is 2. The Hall–Kier alpha value is -1.13. The second-order valence-corrected chi connectivity index (χ2v) is 3.67. The van der Waals surface area contributed by atoms with E-state index in [4.69, 9.17) is 4.74 Å². The summed E-state index contributed by atoms with van der Waals surface area (Å²) in [5.41, 5.74) is 1.19. The maximum absolute atomic E-state index is 5.03. The monoisotopic (exact) mass is 209 g/mol. The van der Waals surface area contributed by atoms with E-state index in [0.717, 1.165) is 6.54 Å². The van der Waals surface area contributed by atoms with Crippen molar-refractivity contribution in [3.8, 4) is 5.88 Å². The molecule has 1 heterocycles. The smallest absolute Gasteiger partial charge is 0.212 e. The number of hydrogen-bond acceptors (Lipinski definition) is 4. The molecule has 0 saturated carbocycles. The van der Waals surface area contributed by atoms with Crippen molar-refractivity contribution in [2.75, 3.05) is 34.8 Å². The van der Waals surface area contributed by atoms with Crippen molar-refractivity contribution in [1.29, 1.82) is 0 Å². The minimum Gasteiger partial charge on any atom is -0.481 e. The van der Waals surface area contributed by atoms with Crippen LogP contribution in [-0.4, -0.2) is 44.7 Å². The molecule has 0 aliphatic heterocycles. The summed E-state index contributed by atoms with van der Waals surface area (Å²) in [5.74, 6) is 0.653. The average molecular weight is 209 g/mol. The first kappa shape index (κ1) is 11.9. The summed E-state index contributed by atoms with van der Waals surface area (Å²) in [6, 6.07) is 4.28. The summed E-state index contributed by atoms with van der Waals surface area (Å²) >= 11 is 0. The molecule has 1 unspecified atom stereocenters. The van der Waals surface area contributed by atoms with Crippen LogP contribution in [0.4, 0.5) is 0 Å². The first-order valence-corrected chi connectivity index (χ1v) is 5.00. The highest BCUT2D eigenvalue weighted by atomic mass is 16.5. The number of hydrogen-bond donors (Lipinski definition) is 1. The lowest BCUT2D eigenvalue weighted by Crippen LogP contribution is -2.29. The fourth-order valence-corrected chi connectivity index (χ4v) is 1.50. The minimum absolute atomic E-state index is 0.341. The molecule has 0 amide bonds. The summed E-state index contributed by atoms with van der Waals surface area (Å²) < 4.78 is 5.03. The molecule has 0 spiro atoms. The van der Waals surface area contributed by atoms with E-state index in [1.807, 2.05) is 25.4 Å². The molecule has 4 heteroatoms. The molecule has 1 atom stereocenters. The molecule has 0 aliphatic carbocycles. The van der Waals surface area contributed by atoms with E-state index in [9.17, 15) is 0 Å². The summed E-state index contributed by atoms with van der Waals surface area (Å²) in [6.45, 7) is 0.904. The van der Waals surface area contributed by atoms with Crippen LogP contribution in [-0.2, 0) is 0 Å². The quantitative estimate of drug-likeness (QED) is 0.782. The number of aromatic nitrogens is 1. The van der Waals surface area contributed by atoms with Crippen LogP contribution in [0.1, 0.15) is 11.6 Å². The SMILES string of the molecule is CNCC(c1ccc(OC)nc1)N(C)C. The molecule has 0 aromatic carbocycles. The fraction of sp³-hybridized carbons (Fsp3) is 0.545. The summed E-state index contributed by atoms with van der Waals surface area (Å²) in [7, 11) is 7.70.